The molecule has 0 aliphatic carbocycles. The van der Waals surface area contributed by atoms with Crippen LogP contribution in [-0.2, 0) is 4.79 Å². The highest BCUT2D eigenvalue weighted by molar-refractivity contribution is 6.03. The second kappa shape index (κ2) is 5.68. The van der Waals surface area contributed by atoms with Crippen LogP contribution in [0.5, 0.6) is 0 Å². The zero-order valence-electron chi connectivity index (χ0n) is 10.00. The van der Waals surface area contributed by atoms with Gasteiger partial charge in [-0.1, -0.05) is 30.3 Å². The van der Waals surface area contributed by atoms with Crippen LogP contribution in [0.1, 0.15) is 16.1 Å². The van der Waals surface area contributed by atoms with Gasteiger partial charge in [-0.25, -0.2) is 0 Å². The predicted octanol–water partition coefficient (Wildman–Crippen LogP) is 1.54. The monoisotopic (exact) mass is 256 g/mol. The maximum atomic E-state index is 11.8. The van der Waals surface area contributed by atoms with Gasteiger partial charge in [0.1, 0.15) is 5.70 Å². The number of carbonyl (C=O) groups is 2. The molecule has 0 radical (unpaired) electrons. The molecule has 2 rings (SSSR count). The lowest BCUT2D eigenvalue weighted by atomic mass is 10.2. The van der Waals surface area contributed by atoms with Gasteiger partial charge < -0.3 is 15.5 Å². The van der Waals surface area contributed by atoms with Crippen LogP contribution in [0.3, 0.4) is 0 Å². The Morgan fingerprint density at radius 1 is 1.11 bits per heavy atom. The molecule has 2 amide bonds. The molecule has 0 saturated carbocycles. The quantitative estimate of drug-likeness (QED) is 0.813. The van der Waals surface area contributed by atoms with Gasteiger partial charge in [0.2, 0.25) is 0 Å². The first-order valence-corrected chi connectivity index (χ1v) is 5.58. The molecule has 1 aromatic heterocycles. The molecule has 1 aromatic carbocycles. The molecule has 1 heterocycles. The lowest BCUT2D eigenvalue weighted by Gasteiger charge is -2.05. The normalized spacial score (nSPS) is 11.1. The van der Waals surface area contributed by atoms with Gasteiger partial charge in [-0.15, -0.1) is 0 Å². The van der Waals surface area contributed by atoms with E-state index in [1.165, 1.54) is 18.4 Å². The van der Waals surface area contributed by atoms with E-state index in [1.807, 2.05) is 18.2 Å². The van der Waals surface area contributed by atoms with Crippen LogP contribution in [-0.4, -0.2) is 11.8 Å². The molecule has 0 fully saturated rings. The Balaban J connectivity index is 2.20. The first kappa shape index (κ1) is 12.6. The standard InChI is InChI=1S/C14H12N2O3/c15-13(17)11(9-10-5-2-1-3-6-10)16-14(18)12-7-4-8-19-12/h1-9H,(H2,15,17)(H,16,18)/b11-9+. The van der Waals surface area contributed by atoms with E-state index >= 15 is 0 Å². The van der Waals surface area contributed by atoms with Gasteiger partial charge in [0.15, 0.2) is 5.76 Å². The molecule has 0 spiro atoms. The van der Waals surface area contributed by atoms with E-state index in [9.17, 15) is 9.59 Å². The summed E-state index contributed by atoms with van der Waals surface area (Å²) >= 11 is 0. The summed E-state index contributed by atoms with van der Waals surface area (Å²) in [6.45, 7) is 0. The van der Waals surface area contributed by atoms with Crippen LogP contribution in [0.4, 0.5) is 0 Å². The molecule has 0 atom stereocenters. The molecule has 96 valence electrons. The number of benzene rings is 1. The third-order valence-corrected chi connectivity index (χ3v) is 2.37. The minimum atomic E-state index is -0.719. The number of primary amides is 1. The summed E-state index contributed by atoms with van der Waals surface area (Å²) < 4.78 is 4.93. The summed E-state index contributed by atoms with van der Waals surface area (Å²) in [5, 5.41) is 2.42. The smallest absolute Gasteiger partial charge is 0.291 e. The van der Waals surface area contributed by atoms with Crippen LogP contribution >= 0.6 is 0 Å². The third kappa shape index (κ3) is 3.32. The number of hydrogen-bond donors (Lipinski definition) is 2. The zero-order valence-corrected chi connectivity index (χ0v) is 10.00. The highest BCUT2D eigenvalue weighted by atomic mass is 16.3. The highest BCUT2D eigenvalue weighted by Gasteiger charge is 2.13. The number of amides is 2. The number of furan rings is 1. The van der Waals surface area contributed by atoms with Crippen LogP contribution in [0.2, 0.25) is 0 Å². The molecular formula is C14H12N2O3. The lowest BCUT2D eigenvalue weighted by molar-refractivity contribution is -0.114. The molecular weight excluding hydrogens is 244 g/mol. The number of carbonyl (C=O) groups excluding carboxylic acids is 2. The first-order chi connectivity index (χ1) is 9.16. The fourth-order valence-corrected chi connectivity index (χ4v) is 1.48. The molecule has 0 aliphatic heterocycles. The summed E-state index contributed by atoms with van der Waals surface area (Å²) in [5.41, 5.74) is 6.00. The van der Waals surface area contributed by atoms with Crippen molar-refractivity contribution in [3.63, 3.8) is 0 Å². The van der Waals surface area contributed by atoms with Crippen molar-refractivity contribution >= 4 is 17.9 Å². The highest BCUT2D eigenvalue weighted by Crippen LogP contribution is 2.06. The predicted molar refractivity (Wildman–Crippen MR) is 69.8 cm³/mol. The van der Waals surface area contributed by atoms with Crippen molar-refractivity contribution in [3.8, 4) is 0 Å². The van der Waals surface area contributed by atoms with Crippen LogP contribution in [0, 0.1) is 0 Å². The Bertz CT molecular complexity index is 601. The Morgan fingerprint density at radius 3 is 2.42 bits per heavy atom. The fraction of sp³-hybridized carbons (Fsp3) is 0. The Labute approximate surface area is 109 Å². The van der Waals surface area contributed by atoms with Crippen LogP contribution in [0.25, 0.3) is 6.08 Å². The summed E-state index contributed by atoms with van der Waals surface area (Å²) in [4.78, 5) is 23.1. The summed E-state index contributed by atoms with van der Waals surface area (Å²) in [5.74, 6) is -1.13. The molecule has 0 aliphatic rings. The van der Waals surface area contributed by atoms with Gasteiger partial charge in [-0.3, -0.25) is 9.59 Å². The van der Waals surface area contributed by atoms with Gasteiger partial charge in [-0.2, -0.15) is 0 Å². The topological polar surface area (TPSA) is 85.3 Å². The van der Waals surface area contributed by atoms with E-state index in [-0.39, 0.29) is 11.5 Å². The minimum absolute atomic E-state index is 0.00704. The summed E-state index contributed by atoms with van der Waals surface area (Å²) in [6.07, 6.45) is 2.88. The van der Waals surface area contributed by atoms with Crippen molar-refractivity contribution in [1.29, 1.82) is 0 Å². The van der Waals surface area contributed by atoms with Gasteiger partial charge >= 0.3 is 0 Å². The second-order valence-electron chi connectivity index (χ2n) is 3.76. The molecule has 0 unspecified atom stereocenters. The molecule has 3 N–H and O–H groups in total. The average Bonchev–Trinajstić information content (AvgIpc) is 2.93. The van der Waals surface area contributed by atoms with Crippen molar-refractivity contribution < 1.29 is 14.0 Å². The van der Waals surface area contributed by atoms with Crippen molar-refractivity contribution in [2.45, 2.75) is 0 Å². The zero-order chi connectivity index (χ0) is 13.7. The fourth-order valence-electron chi connectivity index (χ4n) is 1.48. The van der Waals surface area contributed by atoms with Gasteiger partial charge in [0.25, 0.3) is 11.8 Å². The van der Waals surface area contributed by atoms with Gasteiger partial charge in [0, 0.05) is 0 Å². The van der Waals surface area contributed by atoms with Crippen LogP contribution < -0.4 is 11.1 Å². The number of rotatable bonds is 4. The van der Waals surface area contributed by atoms with E-state index in [0.29, 0.717) is 0 Å². The van der Waals surface area contributed by atoms with Crippen LogP contribution in [0.15, 0.2) is 58.8 Å². The SMILES string of the molecule is NC(=O)/C(=C\c1ccccc1)NC(=O)c1ccco1. The van der Waals surface area contributed by atoms with E-state index < -0.39 is 11.8 Å². The summed E-state index contributed by atoms with van der Waals surface area (Å²) in [6, 6.07) is 12.2. The number of nitrogens with one attached hydrogen (secondary N) is 1. The Kier molecular flexibility index (Phi) is 3.78. The average molecular weight is 256 g/mol. The van der Waals surface area contributed by atoms with Gasteiger partial charge in [0.05, 0.1) is 6.26 Å². The lowest BCUT2D eigenvalue weighted by Crippen LogP contribution is -2.30. The molecule has 0 saturated heterocycles. The van der Waals surface area contributed by atoms with Gasteiger partial charge in [-0.05, 0) is 23.8 Å². The number of nitrogens with two attached hydrogens (primary N) is 1. The van der Waals surface area contributed by atoms with E-state index in [0.717, 1.165) is 5.56 Å². The largest absolute Gasteiger partial charge is 0.459 e. The van der Waals surface area contributed by atoms with Crippen molar-refractivity contribution in [1.82, 2.24) is 5.32 Å². The molecule has 0 bridgehead atoms. The Morgan fingerprint density at radius 2 is 1.84 bits per heavy atom. The van der Waals surface area contributed by atoms with Crippen molar-refractivity contribution in [3.05, 3.63) is 65.7 Å². The molecule has 2 aromatic rings. The third-order valence-electron chi connectivity index (χ3n) is 2.37. The van der Waals surface area contributed by atoms with Crippen molar-refractivity contribution in [2.75, 3.05) is 0 Å². The Hall–Kier alpha value is -2.82. The van der Waals surface area contributed by atoms with E-state index in [4.69, 9.17) is 10.2 Å². The van der Waals surface area contributed by atoms with E-state index in [1.54, 1.807) is 18.2 Å². The van der Waals surface area contributed by atoms with Crippen molar-refractivity contribution in [2.24, 2.45) is 5.73 Å². The maximum absolute atomic E-state index is 11.8. The molecule has 5 heteroatoms. The molecule has 5 nitrogen and oxygen atoms in total. The second-order valence-corrected chi connectivity index (χ2v) is 3.76. The summed E-state index contributed by atoms with van der Waals surface area (Å²) in [7, 11) is 0. The molecule has 19 heavy (non-hydrogen) atoms. The minimum Gasteiger partial charge on any atom is -0.459 e. The first-order valence-electron chi connectivity index (χ1n) is 5.58. The maximum Gasteiger partial charge on any atom is 0.291 e. The van der Waals surface area contributed by atoms with E-state index in [2.05, 4.69) is 5.32 Å². The number of hydrogen-bond acceptors (Lipinski definition) is 3.